The van der Waals surface area contributed by atoms with Crippen molar-refractivity contribution in [3.8, 4) is 0 Å². The average molecular weight is 392 g/mol. The number of benzene rings is 1. The standard InChI is InChI=1S/C24H29N3O2/c28-23(29)24(13-4-14-24)16-9-11-18(12-10-16)25-21-15-22(26-17-5-1-2-6-17)27-20-8-3-7-19(20)21/h9-12,15,17H,1-8,13-14H2,(H,28,29)(H2,25,26,27). The predicted molar refractivity (Wildman–Crippen MR) is 115 cm³/mol. The molecule has 152 valence electrons. The molecule has 1 heterocycles. The maximum Gasteiger partial charge on any atom is 0.314 e. The number of carboxylic acid groups (broad SMARTS) is 1. The molecule has 0 aliphatic heterocycles. The third kappa shape index (κ3) is 3.37. The van der Waals surface area contributed by atoms with Gasteiger partial charge in [-0.05, 0) is 68.2 Å². The second-order valence-corrected chi connectivity index (χ2v) is 8.90. The first-order chi connectivity index (χ1) is 14.1. The molecule has 0 atom stereocenters. The minimum atomic E-state index is -0.695. The summed E-state index contributed by atoms with van der Waals surface area (Å²) in [6.07, 6.45) is 10.8. The lowest BCUT2D eigenvalue weighted by molar-refractivity contribution is -0.147. The third-order valence-electron chi connectivity index (χ3n) is 7.09. The van der Waals surface area contributed by atoms with Crippen LogP contribution in [0.15, 0.2) is 30.3 Å². The van der Waals surface area contributed by atoms with E-state index in [2.05, 4.69) is 16.7 Å². The van der Waals surface area contributed by atoms with E-state index in [1.807, 2.05) is 24.3 Å². The number of hydrogen-bond acceptors (Lipinski definition) is 4. The summed E-state index contributed by atoms with van der Waals surface area (Å²) < 4.78 is 0. The van der Waals surface area contributed by atoms with Crippen LogP contribution in [0.4, 0.5) is 17.2 Å². The lowest BCUT2D eigenvalue weighted by Gasteiger charge is -2.38. The van der Waals surface area contributed by atoms with Gasteiger partial charge in [0.25, 0.3) is 0 Å². The van der Waals surface area contributed by atoms with Gasteiger partial charge in [-0.1, -0.05) is 31.4 Å². The van der Waals surface area contributed by atoms with E-state index in [0.29, 0.717) is 6.04 Å². The van der Waals surface area contributed by atoms with Crippen LogP contribution in [0.2, 0.25) is 0 Å². The Morgan fingerprint density at radius 1 is 1.03 bits per heavy atom. The number of hydrogen-bond donors (Lipinski definition) is 3. The van der Waals surface area contributed by atoms with Gasteiger partial charge in [-0.15, -0.1) is 0 Å². The van der Waals surface area contributed by atoms with Gasteiger partial charge in [0.1, 0.15) is 5.82 Å². The van der Waals surface area contributed by atoms with Gasteiger partial charge in [0.2, 0.25) is 0 Å². The number of nitrogens with zero attached hydrogens (tertiary/aromatic N) is 1. The minimum Gasteiger partial charge on any atom is -0.481 e. The molecule has 0 amide bonds. The van der Waals surface area contributed by atoms with Crippen molar-refractivity contribution in [2.45, 2.75) is 75.7 Å². The molecular weight excluding hydrogens is 362 g/mol. The molecule has 5 nitrogen and oxygen atoms in total. The van der Waals surface area contributed by atoms with E-state index < -0.39 is 11.4 Å². The van der Waals surface area contributed by atoms with Crippen molar-refractivity contribution in [2.75, 3.05) is 10.6 Å². The van der Waals surface area contributed by atoms with Gasteiger partial charge >= 0.3 is 5.97 Å². The first-order valence-electron chi connectivity index (χ1n) is 11.0. The van der Waals surface area contributed by atoms with Crippen LogP contribution in [0.5, 0.6) is 0 Å². The highest BCUT2D eigenvalue weighted by Gasteiger charge is 2.45. The number of rotatable bonds is 6. The molecule has 2 aromatic rings. The number of nitrogens with one attached hydrogen (secondary N) is 2. The highest BCUT2D eigenvalue weighted by atomic mass is 16.4. The summed E-state index contributed by atoms with van der Waals surface area (Å²) in [4.78, 5) is 16.6. The van der Waals surface area contributed by atoms with Crippen molar-refractivity contribution in [1.82, 2.24) is 4.98 Å². The van der Waals surface area contributed by atoms with Gasteiger partial charge in [-0.25, -0.2) is 4.98 Å². The molecule has 0 bridgehead atoms. The number of aromatic nitrogens is 1. The predicted octanol–water partition coefficient (Wildman–Crippen LogP) is 5.17. The van der Waals surface area contributed by atoms with Gasteiger partial charge in [-0.3, -0.25) is 4.79 Å². The molecule has 0 saturated heterocycles. The minimum absolute atomic E-state index is 0.545. The molecule has 1 aromatic carbocycles. The van der Waals surface area contributed by atoms with E-state index in [1.54, 1.807) is 0 Å². The normalized spacial score (nSPS) is 20.1. The summed E-state index contributed by atoms with van der Waals surface area (Å²) >= 11 is 0. The number of aliphatic carboxylic acids is 1. The van der Waals surface area contributed by atoms with Crippen molar-refractivity contribution >= 4 is 23.2 Å². The Bertz CT molecular complexity index is 912. The van der Waals surface area contributed by atoms with E-state index in [1.165, 1.54) is 36.9 Å². The van der Waals surface area contributed by atoms with Crippen molar-refractivity contribution < 1.29 is 9.90 Å². The number of carbonyl (C=O) groups is 1. The van der Waals surface area contributed by atoms with Crippen LogP contribution in [-0.4, -0.2) is 22.1 Å². The average Bonchev–Trinajstić information content (AvgIpc) is 3.34. The van der Waals surface area contributed by atoms with Crippen LogP contribution >= 0.6 is 0 Å². The van der Waals surface area contributed by atoms with Gasteiger partial charge in [0.15, 0.2) is 0 Å². The van der Waals surface area contributed by atoms with E-state index >= 15 is 0 Å². The summed E-state index contributed by atoms with van der Waals surface area (Å²) in [7, 11) is 0. The summed E-state index contributed by atoms with van der Waals surface area (Å²) in [5.41, 5.74) is 4.93. The number of fused-ring (bicyclic) bond motifs is 1. The Kier molecular flexibility index (Phi) is 4.69. The lowest BCUT2D eigenvalue weighted by Crippen LogP contribution is -2.42. The zero-order valence-electron chi connectivity index (χ0n) is 16.8. The molecule has 0 spiro atoms. The number of anilines is 3. The highest BCUT2D eigenvalue weighted by Crippen LogP contribution is 2.44. The summed E-state index contributed by atoms with van der Waals surface area (Å²) in [6.45, 7) is 0. The molecule has 5 rings (SSSR count). The number of carboxylic acids is 1. The molecule has 2 fully saturated rings. The molecule has 2 saturated carbocycles. The maximum atomic E-state index is 11.8. The molecule has 29 heavy (non-hydrogen) atoms. The van der Waals surface area contributed by atoms with Gasteiger partial charge < -0.3 is 15.7 Å². The summed E-state index contributed by atoms with van der Waals surface area (Å²) in [6, 6.07) is 10.7. The topological polar surface area (TPSA) is 74.2 Å². The van der Waals surface area contributed by atoms with E-state index in [0.717, 1.165) is 61.3 Å². The largest absolute Gasteiger partial charge is 0.481 e. The zero-order valence-corrected chi connectivity index (χ0v) is 16.8. The fraction of sp³-hybridized carbons (Fsp3) is 0.500. The van der Waals surface area contributed by atoms with Crippen molar-refractivity contribution in [3.05, 3.63) is 47.2 Å². The maximum absolute atomic E-state index is 11.8. The molecule has 3 aliphatic rings. The Hall–Kier alpha value is -2.56. The first kappa shape index (κ1) is 18.5. The van der Waals surface area contributed by atoms with Crippen LogP contribution in [0.3, 0.4) is 0 Å². The fourth-order valence-corrected chi connectivity index (χ4v) is 5.19. The first-order valence-corrected chi connectivity index (χ1v) is 11.0. The molecular formula is C24H29N3O2. The van der Waals surface area contributed by atoms with Crippen molar-refractivity contribution in [1.29, 1.82) is 0 Å². The van der Waals surface area contributed by atoms with Crippen LogP contribution in [0.1, 0.15) is 68.2 Å². The summed E-state index contributed by atoms with van der Waals surface area (Å²) in [5, 5.41) is 16.9. The number of aryl methyl sites for hydroxylation is 1. The molecule has 3 N–H and O–H groups in total. The SMILES string of the molecule is O=C(O)C1(c2ccc(Nc3cc(NC4CCCC4)nc4c3CCC4)cc2)CCC1. The molecule has 1 aromatic heterocycles. The van der Waals surface area contributed by atoms with Crippen molar-refractivity contribution in [3.63, 3.8) is 0 Å². The Balaban J connectivity index is 1.38. The Morgan fingerprint density at radius 3 is 2.45 bits per heavy atom. The quantitative estimate of drug-likeness (QED) is 0.633. The van der Waals surface area contributed by atoms with Gasteiger partial charge in [0, 0.05) is 29.2 Å². The Morgan fingerprint density at radius 2 is 1.79 bits per heavy atom. The van der Waals surface area contributed by atoms with Gasteiger partial charge in [-0.2, -0.15) is 0 Å². The molecule has 0 radical (unpaired) electrons. The second kappa shape index (κ2) is 7.36. The Labute approximate surface area is 171 Å². The lowest BCUT2D eigenvalue weighted by atomic mass is 9.64. The van der Waals surface area contributed by atoms with Gasteiger partial charge in [0.05, 0.1) is 5.41 Å². The molecule has 5 heteroatoms. The third-order valence-corrected chi connectivity index (χ3v) is 7.09. The van der Waals surface area contributed by atoms with Crippen LogP contribution < -0.4 is 10.6 Å². The van der Waals surface area contributed by atoms with Crippen molar-refractivity contribution in [2.24, 2.45) is 0 Å². The second-order valence-electron chi connectivity index (χ2n) is 8.90. The van der Waals surface area contributed by atoms with E-state index in [9.17, 15) is 9.90 Å². The monoisotopic (exact) mass is 391 g/mol. The molecule has 3 aliphatic carbocycles. The zero-order chi connectivity index (χ0) is 19.8. The van der Waals surface area contributed by atoms with E-state index in [4.69, 9.17) is 4.98 Å². The smallest absolute Gasteiger partial charge is 0.314 e. The van der Waals surface area contributed by atoms with Crippen LogP contribution in [0.25, 0.3) is 0 Å². The van der Waals surface area contributed by atoms with Crippen LogP contribution in [-0.2, 0) is 23.1 Å². The molecule has 0 unspecified atom stereocenters. The highest BCUT2D eigenvalue weighted by molar-refractivity contribution is 5.83. The van der Waals surface area contributed by atoms with E-state index in [-0.39, 0.29) is 0 Å². The number of pyridine rings is 1. The van der Waals surface area contributed by atoms with Crippen LogP contribution in [0, 0.1) is 0 Å². The summed E-state index contributed by atoms with van der Waals surface area (Å²) in [5.74, 6) is 0.287. The fourth-order valence-electron chi connectivity index (χ4n) is 5.19.